The van der Waals surface area contributed by atoms with Crippen LogP contribution in [-0.2, 0) is 4.84 Å². The quantitative estimate of drug-likeness (QED) is 0.652. The smallest absolute Gasteiger partial charge is 0.229 e. The van der Waals surface area contributed by atoms with E-state index in [9.17, 15) is 4.39 Å². The molecule has 0 radical (unpaired) electrons. The standard InChI is InChI=1S/C24H27FN6O/c1-29-12-14-30(15-13-29)20-9-7-19(8-10-20)27-24-26-17-21(25)23(28-24)31-22(11-16-32-31)18-5-3-2-4-6-18/h2-10,17,22H,11-16H2,1H3,(H,26,27,28)/t22-/m1/s1. The second kappa shape index (κ2) is 9.10. The van der Waals surface area contributed by atoms with Gasteiger partial charge in [0.2, 0.25) is 5.95 Å². The molecular formula is C24H27FN6O. The highest BCUT2D eigenvalue weighted by molar-refractivity contribution is 5.60. The Balaban J connectivity index is 1.32. The molecule has 166 valence electrons. The molecule has 32 heavy (non-hydrogen) atoms. The number of hydroxylamine groups is 1. The Morgan fingerprint density at radius 1 is 1.00 bits per heavy atom. The molecule has 0 bridgehead atoms. The first-order valence-corrected chi connectivity index (χ1v) is 11.0. The molecule has 2 aliphatic rings. The minimum Gasteiger partial charge on any atom is -0.369 e. The van der Waals surface area contributed by atoms with E-state index >= 15 is 0 Å². The van der Waals surface area contributed by atoms with Gasteiger partial charge in [-0.3, -0.25) is 4.84 Å². The molecule has 2 aliphatic heterocycles. The lowest BCUT2D eigenvalue weighted by atomic mass is 10.0. The topological polar surface area (TPSA) is 56.8 Å². The number of aromatic nitrogens is 2. The molecule has 1 atom stereocenters. The normalized spacial score (nSPS) is 19.4. The number of hydrogen-bond acceptors (Lipinski definition) is 7. The molecule has 2 saturated heterocycles. The van der Waals surface area contributed by atoms with E-state index < -0.39 is 5.82 Å². The highest BCUT2D eigenvalue weighted by Crippen LogP contribution is 2.35. The molecule has 0 unspecified atom stereocenters. The third-order valence-electron chi connectivity index (χ3n) is 6.02. The summed E-state index contributed by atoms with van der Waals surface area (Å²) in [5.74, 6) is -0.0391. The highest BCUT2D eigenvalue weighted by atomic mass is 19.1. The molecule has 8 heteroatoms. The summed E-state index contributed by atoms with van der Waals surface area (Å²) in [6.45, 7) is 4.68. The number of piperazine rings is 1. The van der Waals surface area contributed by atoms with Crippen LogP contribution in [0.2, 0.25) is 0 Å². The van der Waals surface area contributed by atoms with Crippen molar-refractivity contribution in [1.29, 1.82) is 0 Å². The van der Waals surface area contributed by atoms with E-state index in [1.165, 1.54) is 11.9 Å². The SMILES string of the molecule is CN1CCN(c2ccc(Nc3ncc(F)c(N4OCC[C@@H]4c4ccccc4)n3)cc2)CC1. The van der Waals surface area contributed by atoms with Crippen LogP contribution in [0.1, 0.15) is 18.0 Å². The van der Waals surface area contributed by atoms with Crippen LogP contribution < -0.4 is 15.3 Å². The predicted octanol–water partition coefficient (Wildman–Crippen LogP) is 3.99. The summed E-state index contributed by atoms with van der Waals surface area (Å²) in [7, 11) is 2.15. The van der Waals surface area contributed by atoms with Gasteiger partial charge >= 0.3 is 0 Å². The van der Waals surface area contributed by atoms with E-state index in [0.717, 1.165) is 43.9 Å². The summed E-state index contributed by atoms with van der Waals surface area (Å²) in [5, 5.41) is 4.75. The summed E-state index contributed by atoms with van der Waals surface area (Å²) in [6.07, 6.45) is 1.96. The Bertz CT molecular complexity index is 1040. The number of hydrogen-bond donors (Lipinski definition) is 1. The lowest BCUT2D eigenvalue weighted by molar-refractivity contribution is 0.154. The van der Waals surface area contributed by atoms with Gasteiger partial charge in [0.05, 0.1) is 18.8 Å². The number of halogens is 1. The van der Waals surface area contributed by atoms with Crippen LogP contribution in [0, 0.1) is 5.82 Å². The average molecular weight is 435 g/mol. The van der Waals surface area contributed by atoms with Crippen molar-refractivity contribution in [3.63, 3.8) is 0 Å². The van der Waals surface area contributed by atoms with E-state index in [0.29, 0.717) is 12.6 Å². The van der Waals surface area contributed by atoms with Gasteiger partial charge in [-0.05, 0) is 36.9 Å². The van der Waals surface area contributed by atoms with Gasteiger partial charge in [-0.1, -0.05) is 30.3 Å². The van der Waals surface area contributed by atoms with Crippen molar-refractivity contribution in [2.45, 2.75) is 12.5 Å². The van der Waals surface area contributed by atoms with Gasteiger partial charge in [-0.25, -0.2) is 14.4 Å². The molecule has 5 rings (SSSR count). The second-order valence-corrected chi connectivity index (χ2v) is 8.20. The number of benzene rings is 2. The molecule has 3 heterocycles. The fourth-order valence-electron chi connectivity index (χ4n) is 4.18. The van der Waals surface area contributed by atoms with Crippen molar-refractivity contribution < 1.29 is 9.23 Å². The zero-order valence-electron chi connectivity index (χ0n) is 18.1. The Hall–Kier alpha value is -3.23. The van der Waals surface area contributed by atoms with Gasteiger partial charge in [0.15, 0.2) is 11.6 Å². The third kappa shape index (κ3) is 4.37. The molecule has 1 aromatic heterocycles. The summed E-state index contributed by atoms with van der Waals surface area (Å²) >= 11 is 0. The summed E-state index contributed by atoms with van der Waals surface area (Å²) in [5.41, 5.74) is 3.11. The number of anilines is 4. The van der Waals surface area contributed by atoms with Gasteiger partial charge < -0.3 is 15.1 Å². The van der Waals surface area contributed by atoms with Crippen molar-refractivity contribution in [1.82, 2.24) is 14.9 Å². The van der Waals surface area contributed by atoms with Crippen molar-refractivity contribution in [3.05, 3.63) is 72.2 Å². The number of rotatable bonds is 5. The predicted molar refractivity (Wildman–Crippen MR) is 124 cm³/mol. The van der Waals surface area contributed by atoms with Crippen LogP contribution in [0.25, 0.3) is 0 Å². The maximum atomic E-state index is 14.7. The first kappa shape index (κ1) is 20.7. The molecule has 2 aromatic carbocycles. The van der Waals surface area contributed by atoms with Crippen molar-refractivity contribution in [2.24, 2.45) is 0 Å². The minimum atomic E-state index is -0.510. The molecule has 3 aromatic rings. The Labute approximate surface area is 187 Å². The summed E-state index contributed by atoms with van der Waals surface area (Å²) in [4.78, 5) is 19.0. The van der Waals surface area contributed by atoms with E-state index in [-0.39, 0.29) is 11.9 Å². The van der Waals surface area contributed by atoms with Gasteiger partial charge in [-0.15, -0.1) is 0 Å². The number of likely N-dealkylation sites (N-methyl/N-ethyl adjacent to an activating group) is 1. The Kier molecular flexibility index (Phi) is 5.87. The fraction of sp³-hybridized carbons (Fsp3) is 0.333. The minimum absolute atomic E-state index is 0.0867. The third-order valence-corrected chi connectivity index (χ3v) is 6.02. The van der Waals surface area contributed by atoms with Gasteiger partial charge in [0.25, 0.3) is 0 Å². The zero-order chi connectivity index (χ0) is 21.9. The lowest BCUT2D eigenvalue weighted by Crippen LogP contribution is -2.44. The molecule has 1 N–H and O–H groups in total. The maximum absolute atomic E-state index is 14.7. The van der Waals surface area contributed by atoms with Crippen LogP contribution in [0.5, 0.6) is 0 Å². The Morgan fingerprint density at radius 2 is 1.75 bits per heavy atom. The lowest BCUT2D eigenvalue weighted by Gasteiger charge is -2.34. The van der Waals surface area contributed by atoms with E-state index in [1.807, 2.05) is 42.5 Å². The molecule has 2 fully saturated rings. The largest absolute Gasteiger partial charge is 0.369 e. The Morgan fingerprint density at radius 3 is 2.50 bits per heavy atom. The fourth-order valence-corrected chi connectivity index (χ4v) is 4.18. The second-order valence-electron chi connectivity index (χ2n) is 8.20. The van der Waals surface area contributed by atoms with E-state index in [1.54, 1.807) is 5.06 Å². The van der Waals surface area contributed by atoms with Crippen LogP contribution in [-0.4, -0.2) is 54.7 Å². The molecule has 0 amide bonds. The van der Waals surface area contributed by atoms with Gasteiger partial charge in [0.1, 0.15) is 0 Å². The number of nitrogens with one attached hydrogen (secondary N) is 1. The van der Waals surface area contributed by atoms with Gasteiger partial charge in [-0.2, -0.15) is 4.98 Å². The van der Waals surface area contributed by atoms with E-state index in [2.05, 4.69) is 44.3 Å². The average Bonchev–Trinajstić information content (AvgIpc) is 3.32. The van der Waals surface area contributed by atoms with Crippen molar-refractivity contribution >= 4 is 23.1 Å². The monoisotopic (exact) mass is 434 g/mol. The molecule has 0 saturated carbocycles. The van der Waals surface area contributed by atoms with Crippen molar-refractivity contribution in [2.75, 3.05) is 55.1 Å². The van der Waals surface area contributed by atoms with Crippen LogP contribution in [0.15, 0.2) is 60.8 Å². The van der Waals surface area contributed by atoms with Crippen LogP contribution in [0.3, 0.4) is 0 Å². The maximum Gasteiger partial charge on any atom is 0.229 e. The highest BCUT2D eigenvalue weighted by Gasteiger charge is 2.31. The number of nitrogens with zero attached hydrogens (tertiary/aromatic N) is 5. The molecule has 0 spiro atoms. The first-order chi connectivity index (χ1) is 15.7. The molecule has 7 nitrogen and oxygen atoms in total. The zero-order valence-corrected chi connectivity index (χ0v) is 18.1. The van der Waals surface area contributed by atoms with Gasteiger partial charge in [0, 0.05) is 44.0 Å². The first-order valence-electron chi connectivity index (χ1n) is 11.0. The van der Waals surface area contributed by atoms with Crippen LogP contribution >= 0.6 is 0 Å². The molecular weight excluding hydrogens is 407 g/mol. The molecule has 0 aliphatic carbocycles. The van der Waals surface area contributed by atoms with Crippen molar-refractivity contribution in [3.8, 4) is 0 Å². The summed E-state index contributed by atoms with van der Waals surface area (Å²) < 4.78 is 14.7. The summed E-state index contributed by atoms with van der Waals surface area (Å²) in [6, 6.07) is 18.0. The van der Waals surface area contributed by atoms with E-state index in [4.69, 9.17) is 4.84 Å². The van der Waals surface area contributed by atoms with Crippen LogP contribution in [0.4, 0.5) is 27.5 Å².